The second-order valence-electron chi connectivity index (χ2n) is 14.7. The van der Waals surface area contributed by atoms with Gasteiger partial charge in [0.15, 0.2) is 0 Å². The van der Waals surface area contributed by atoms with Gasteiger partial charge in [0, 0.05) is 37.5 Å². The highest BCUT2D eigenvalue weighted by Crippen LogP contribution is 2.43. The van der Waals surface area contributed by atoms with Gasteiger partial charge in [-0.15, -0.1) is 0 Å². The van der Waals surface area contributed by atoms with E-state index in [0.717, 1.165) is 92.2 Å². The van der Waals surface area contributed by atoms with Gasteiger partial charge in [-0.3, -0.25) is 4.79 Å². The Hall–Kier alpha value is -4.17. The van der Waals surface area contributed by atoms with Crippen molar-refractivity contribution in [2.75, 3.05) is 78.5 Å². The van der Waals surface area contributed by atoms with Crippen molar-refractivity contribution in [3.8, 4) is 5.75 Å². The first-order valence-corrected chi connectivity index (χ1v) is 18.8. The van der Waals surface area contributed by atoms with E-state index in [1.54, 1.807) is 7.11 Å². The number of para-hydroxylation sites is 2. The number of hydrogen-bond acceptors (Lipinski definition) is 5. The Labute approximate surface area is 306 Å². The largest absolute Gasteiger partial charge is 0.496 e. The lowest BCUT2D eigenvalue weighted by atomic mass is 9.64. The molecule has 272 valence electrons. The summed E-state index contributed by atoms with van der Waals surface area (Å²) in [5.74, 6) is 0.719. The van der Waals surface area contributed by atoms with Crippen LogP contribution in [0, 0.1) is 5.92 Å². The standard InChI is InChI=1S/C44H58N4O3/c1-48(2,32-17-4-5-18-34-51-36-37-19-15-16-26-42(37)50-3)33-31-47(41-24-13-8-14-25-41)30-29-46-28-27-40(35-46)44(43(45)49,38-20-9-6-10-21-38)39-22-11-7-12-23-39/h6-16,19-26,40H,4-5,17-18,27-36H2,1-3H3,(H-,45,49)/p+1. The summed E-state index contributed by atoms with van der Waals surface area (Å²) >= 11 is 0. The van der Waals surface area contributed by atoms with E-state index in [-0.39, 0.29) is 11.8 Å². The van der Waals surface area contributed by atoms with E-state index in [1.807, 2.05) is 54.6 Å². The number of unbranched alkanes of at least 4 members (excludes halogenated alkanes) is 3. The summed E-state index contributed by atoms with van der Waals surface area (Å²) in [4.78, 5) is 18.6. The van der Waals surface area contributed by atoms with Crippen molar-refractivity contribution in [2.24, 2.45) is 11.7 Å². The molecule has 0 saturated carbocycles. The molecule has 0 bridgehead atoms. The van der Waals surface area contributed by atoms with Crippen molar-refractivity contribution in [3.05, 3.63) is 132 Å². The van der Waals surface area contributed by atoms with Gasteiger partial charge in [0.2, 0.25) is 5.91 Å². The first-order chi connectivity index (χ1) is 24.8. The first kappa shape index (κ1) is 38.1. The molecule has 0 radical (unpaired) electrons. The number of amides is 1. The molecule has 1 aliphatic heterocycles. The Morgan fingerprint density at radius 2 is 1.41 bits per heavy atom. The minimum atomic E-state index is -0.860. The van der Waals surface area contributed by atoms with Crippen LogP contribution in [0.1, 0.15) is 48.8 Å². The number of likely N-dealkylation sites (N-methyl/N-ethyl adjacent to an activating group) is 1. The van der Waals surface area contributed by atoms with Crippen molar-refractivity contribution in [2.45, 2.75) is 44.1 Å². The van der Waals surface area contributed by atoms with Crippen molar-refractivity contribution < 1.29 is 18.8 Å². The number of rotatable bonds is 21. The zero-order chi connectivity index (χ0) is 35.9. The van der Waals surface area contributed by atoms with Crippen LogP contribution in [-0.2, 0) is 21.6 Å². The molecule has 51 heavy (non-hydrogen) atoms. The van der Waals surface area contributed by atoms with Gasteiger partial charge in [0.1, 0.15) is 11.2 Å². The predicted molar refractivity (Wildman–Crippen MR) is 209 cm³/mol. The summed E-state index contributed by atoms with van der Waals surface area (Å²) in [6, 6.07) is 39.2. The van der Waals surface area contributed by atoms with E-state index in [2.05, 4.69) is 84.6 Å². The Balaban J connectivity index is 1.11. The van der Waals surface area contributed by atoms with Gasteiger partial charge in [-0.05, 0) is 67.5 Å². The zero-order valence-corrected chi connectivity index (χ0v) is 31.1. The van der Waals surface area contributed by atoms with Gasteiger partial charge in [-0.1, -0.05) is 103 Å². The summed E-state index contributed by atoms with van der Waals surface area (Å²) in [5.41, 5.74) is 9.84. The highest BCUT2D eigenvalue weighted by molar-refractivity contribution is 5.91. The lowest BCUT2D eigenvalue weighted by Gasteiger charge is -2.38. The summed E-state index contributed by atoms with van der Waals surface area (Å²) in [5, 5.41) is 0. The molecule has 0 spiro atoms. The van der Waals surface area contributed by atoms with Crippen LogP contribution in [0.25, 0.3) is 0 Å². The number of likely N-dealkylation sites (tertiary alicyclic amines) is 1. The number of hydrogen-bond donors (Lipinski definition) is 1. The zero-order valence-electron chi connectivity index (χ0n) is 31.1. The molecular weight excluding hydrogens is 633 g/mol. The molecule has 5 rings (SSSR count). The molecule has 1 heterocycles. The third kappa shape index (κ3) is 10.2. The van der Waals surface area contributed by atoms with Crippen molar-refractivity contribution in [1.82, 2.24) is 4.90 Å². The van der Waals surface area contributed by atoms with Gasteiger partial charge in [0.25, 0.3) is 0 Å². The molecule has 1 aliphatic rings. The molecule has 0 aromatic heterocycles. The van der Waals surface area contributed by atoms with E-state index in [1.165, 1.54) is 24.9 Å². The maximum atomic E-state index is 13.6. The van der Waals surface area contributed by atoms with E-state index >= 15 is 0 Å². The first-order valence-electron chi connectivity index (χ1n) is 18.8. The van der Waals surface area contributed by atoms with Crippen molar-refractivity contribution in [1.29, 1.82) is 0 Å². The summed E-state index contributed by atoms with van der Waals surface area (Å²) in [6.45, 7) is 8.27. The number of primary amides is 1. The molecule has 1 unspecified atom stereocenters. The Bertz CT molecular complexity index is 1560. The molecule has 1 fully saturated rings. The number of ether oxygens (including phenoxy) is 2. The Kier molecular flexibility index (Phi) is 14.1. The van der Waals surface area contributed by atoms with Crippen LogP contribution in [0.5, 0.6) is 5.75 Å². The highest BCUT2D eigenvalue weighted by Gasteiger charge is 2.49. The maximum Gasteiger partial charge on any atom is 0.232 e. The number of quaternary nitrogens is 1. The van der Waals surface area contributed by atoms with Crippen LogP contribution < -0.4 is 15.4 Å². The van der Waals surface area contributed by atoms with Gasteiger partial charge in [0.05, 0.1) is 47.4 Å². The van der Waals surface area contributed by atoms with Crippen LogP contribution >= 0.6 is 0 Å². The number of carbonyl (C=O) groups excluding carboxylic acids is 1. The molecule has 0 aliphatic carbocycles. The number of nitrogens with two attached hydrogens (primary N) is 1. The highest BCUT2D eigenvalue weighted by atomic mass is 16.5. The third-order valence-electron chi connectivity index (χ3n) is 10.8. The normalized spacial score (nSPS) is 15.2. The molecule has 7 nitrogen and oxygen atoms in total. The van der Waals surface area contributed by atoms with E-state index in [9.17, 15) is 4.79 Å². The molecule has 7 heteroatoms. The third-order valence-corrected chi connectivity index (χ3v) is 10.8. The average Bonchev–Trinajstić information content (AvgIpc) is 3.63. The van der Waals surface area contributed by atoms with Gasteiger partial charge in [-0.2, -0.15) is 0 Å². The number of anilines is 1. The molecular formula is C44H59N4O3+. The van der Waals surface area contributed by atoms with Gasteiger partial charge in [-0.25, -0.2) is 0 Å². The minimum absolute atomic E-state index is 0.0968. The van der Waals surface area contributed by atoms with Crippen molar-refractivity contribution >= 4 is 11.6 Å². The maximum absolute atomic E-state index is 13.6. The molecule has 2 N–H and O–H groups in total. The molecule has 1 amide bonds. The van der Waals surface area contributed by atoms with Crippen LogP contribution in [0.15, 0.2) is 115 Å². The van der Waals surface area contributed by atoms with E-state index < -0.39 is 5.41 Å². The number of nitrogens with zero attached hydrogens (tertiary/aromatic N) is 3. The second kappa shape index (κ2) is 18.9. The SMILES string of the molecule is COc1ccccc1COCCCCCC[N+](C)(C)CCN(CCN1CCC(C(C(N)=O)(c2ccccc2)c2ccccc2)C1)c1ccccc1. The topological polar surface area (TPSA) is 68.0 Å². The van der Waals surface area contributed by atoms with Crippen LogP contribution in [0.2, 0.25) is 0 Å². The summed E-state index contributed by atoms with van der Waals surface area (Å²) in [6.07, 6.45) is 5.63. The number of methoxy groups -OCH3 is 1. The average molecular weight is 692 g/mol. The fraction of sp³-hybridized carbons (Fsp3) is 0.432. The van der Waals surface area contributed by atoms with Gasteiger partial charge >= 0.3 is 0 Å². The molecule has 1 saturated heterocycles. The summed E-state index contributed by atoms with van der Waals surface area (Å²) in [7, 11) is 6.43. The van der Waals surface area contributed by atoms with Crippen LogP contribution in [-0.4, -0.2) is 88.9 Å². The predicted octanol–water partition coefficient (Wildman–Crippen LogP) is 7.15. The lowest BCUT2D eigenvalue weighted by Crippen LogP contribution is -2.49. The quantitative estimate of drug-likeness (QED) is 0.0743. The van der Waals surface area contributed by atoms with Crippen molar-refractivity contribution in [3.63, 3.8) is 0 Å². The van der Waals surface area contributed by atoms with E-state index in [0.29, 0.717) is 6.61 Å². The monoisotopic (exact) mass is 691 g/mol. The molecule has 1 atom stereocenters. The molecule has 4 aromatic rings. The van der Waals surface area contributed by atoms with E-state index in [4.69, 9.17) is 15.2 Å². The number of carbonyl (C=O) groups is 1. The second-order valence-corrected chi connectivity index (χ2v) is 14.7. The van der Waals surface area contributed by atoms with Gasteiger partial charge < -0.3 is 29.5 Å². The fourth-order valence-corrected chi connectivity index (χ4v) is 7.79. The number of benzene rings is 4. The Morgan fingerprint density at radius 3 is 2.06 bits per heavy atom. The van der Waals surface area contributed by atoms with Crippen LogP contribution in [0.3, 0.4) is 0 Å². The lowest BCUT2D eigenvalue weighted by molar-refractivity contribution is -0.889. The smallest absolute Gasteiger partial charge is 0.232 e. The molecule has 4 aromatic carbocycles. The minimum Gasteiger partial charge on any atom is -0.496 e. The Morgan fingerprint density at radius 1 is 0.804 bits per heavy atom. The summed E-state index contributed by atoms with van der Waals surface area (Å²) < 4.78 is 12.4. The fourth-order valence-electron chi connectivity index (χ4n) is 7.79. The van der Waals surface area contributed by atoms with Crippen LogP contribution in [0.4, 0.5) is 5.69 Å².